The van der Waals surface area contributed by atoms with Crippen molar-refractivity contribution >= 4 is 11.6 Å². The Labute approximate surface area is 119 Å². The van der Waals surface area contributed by atoms with Crippen molar-refractivity contribution in [2.45, 2.75) is 37.6 Å². The molecule has 5 nitrogen and oxygen atoms in total. The van der Waals surface area contributed by atoms with E-state index in [-0.39, 0.29) is 12.5 Å². The predicted octanol–water partition coefficient (Wildman–Crippen LogP) is 1.70. The summed E-state index contributed by atoms with van der Waals surface area (Å²) in [5, 5.41) is 12.6. The minimum Gasteiger partial charge on any atom is -0.497 e. The van der Waals surface area contributed by atoms with E-state index >= 15 is 0 Å². The molecule has 5 heteroatoms. The predicted molar refractivity (Wildman–Crippen MR) is 77.8 cm³/mol. The maximum absolute atomic E-state index is 12.4. The second kappa shape index (κ2) is 6.13. The lowest BCUT2D eigenvalue weighted by Crippen LogP contribution is -2.52. The molecule has 1 saturated carbocycles. The maximum atomic E-state index is 12.4. The first-order valence-electron chi connectivity index (χ1n) is 6.97. The number of nitrogen functional groups attached to an aromatic ring is 1. The van der Waals surface area contributed by atoms with E-state index in [1.165, 1.54) is 0 Å². The van der Waals surface area contributed by atoms with Crippen LogP contribution in [0, 0.1) is 0 Å². The Morgan fingerprint density at radius 1 is 1.40 bits per heavy atom. The van der Waals surface area contributed by atoms with Gasteiger partial charge in [-0.15, -0.1) is 0 Å². The molecular formula is C15H22N2O3. The van der Waals surface area contributed by atoms with Crippen LogP contribution in [0.2, 0.25) is 0 Å². The van der Waals surface area contributed by atoms with Crippen molar-refractivity contribution in [3.8, 4) is 5.75 Å². The number of aliphatic hydroxyl groups excluding tert-OH is 1. The molecule has 0 aromatic heterocycles. The van der Waals surface area contributed by atoms with Gasteiger partial charge in [0.2, 0.25) is 0 Å². The molecule has 0 atom stereocenters. The topological polar surface area (TPSA) is 84.6 Å². The number of nitrogens with two attached hydrogens (primary N) is 1. The molecule has 1 fully saturated rings. The summed E-state index contributed by atoms with van der Waals surface area (Å²) in [5.41, 5.74) is 6.15. The van der Waals surface area contributed by atoms with E-state index in [0.717, 1.165) is 32.1 Å². The Balaban J connectivity index is 2.18. The van der Waals surface area contributed by atoms with E-state index in [9.17, 15) is 9.90 Å². The number of rotatable bonds is 4. The number of amides is 1. The largest absolute Gasteiger partial charge is 0.497 e. The van der Waals surface area contributed by atoms with Gasteiger partial charge in [-0.05, 0) is 31.0 Å². The smallest absolute Gasteiger partial charge is 0.254 e. The number of nitrogens with one attached hydrogen (secondary N) is 1. The SMILES string of the molecule is COc1ccc(N)c(C(=O)NC2(CO)CCCCC2)c1. The number of ether oxygens (including phenoxy) is 1. The molecule has 0 spiro atoms. The van der Waals surface area contributed by atoms with E-state index in [2.05, 4.69) is 5.32 Å². The van der Waals surface area contributed by atoms with Crippen molar-refractivity contribution in [3.05, 3.63) is 23.8 Å². The van der Waals surface area contributed by atoms with Gasteiger partial charge in [0.25, 0.3) is 5.91 Å². The van der Waals surface area contributed by atoms with Crippen LogP contribution in [0.5, 0.6) is 5.75 Å². The highest BCUT2D eigenvalue weighted by molar-refractivity contribution is 6.00. The van der Waals surface area contributed by atoms with Gasteiger partial charge in [0.15, 0.2) is 0 Å². The highest BCUT2D eigenvalue weighted by Crippen LogP contribution is 2.29. The van der Waals surface area contributed by atoms with Crippen LogP contribution >= 0.6 is 0 Å². The molecule has 1 aromatic rings. The van der Waals surface area contributed by atoms with Crippen LogP contribution in [0.3, 0.4) is 0 Å². The first kappa shape index (κ1) is 14.7. The molecule has 0 radical (unpaired) electrons. The Hall–Kier alpha value is -1.75. The zero-order valence-corrected chi connectivity index (χ0v) is 11.8. The van der Waals surface area contributed by atoms with Crippen LogP contribution in [0.1, 0.15) is 42.5 Å². The molecule has 0 heterocycles. The lowest BCUT2D eigenvalue weighted by atomic mass is 9.82. The molecule has 1 amide bonds. The third-order valence-corrected chi connectivity index (χ3v) is 4.00. The molecule has 0 aliphatic heterocycles. The number of carbonyl (C=O) groups excluding carboxylic acids is 1. The standard InChI is InChI=1S/C15H22N2O3/c1-20-11-5-6-13(16)12(9-11)14(19)17-15(10-18)7-3-2-4-8-15/h5-6,9,18H,2-4,7-8,10,16H2,1H3,(H,17,19). The van der Waals surface area contributed by atoms with Gasteiger partial charge in [-0.3, -0.25) is 4.79 Å². The summed E-state index contributed by atoms with van der Waals surface area (Å²) in [4.78, 5) is 12.4. The number of hydrogen-bond acceptors (Lipinski definition) is 4. The van der Waals surface area contributed by atoms with Crippen molar-refractivity contribution in [2.75, 3.05) is 19.5 Å². The second-order valence-corrected chi connectivity index (χ2v) is 5.41. The molecule has 0 unspecified atom stereocenters. The lowest BCUT2D eigenvalue weighted by Gasteiger charge is -2.36. The summed E-state index contributed by atoms with van der Waals surface area (Å²) < 4.78 is 5.12. The monoisotopic (exact) mass is 278 g/mol. The summed E-state index contributed by atoms with van der Waals surface area (Å²) in [6.45, 7) is -0.0391. The maximum Gasteiger partial charge on any atom is 0.254 e. The number of anilines is 1. The van der Waals surface area contributed by atoms with E-state index in [0.29, 0.717) is 17.0 Å². The molecule has 0 saturated heterocycles. The molecule has 1 aliphatic carbocycles. The first-order valence-corrected chi connectivity index (χ1v) is 6.97. The van der Waals surface area contributed by atoms with Crippen LogP contribution in [-0.2, 0) is 0 Å². The van der Waals surface area contributed by atoms with E-state index < -0.39 is 5.54 Å². The van der Waals surface area contributed by atoms with Crippen molar-refractivity contribution in [2.24, 2.45) is 0 Å². The fraction of sp³-hybridized carbons (Fsp3) is 0.533. The molecule has 0 bridgehead atoms. The van der Waals surface area contributed by atoms with Crippen molar-refractivity contribution in [1.29, 1.82) is 0 Å². The quantitative estimate of drug-likeness (QED) is 0.732. The van der Waals surface area contributed by atoms with Gasteiger partial charge in [0.1, 0.15) is 5.75 Å². The van der Waals surface area contributed by atoms with E-state index in [1.54, 1.807) is 25.3 Å². The molecular weight excluding hydrogens is 256 g/mol. The van der Waals surface area contributed by atoms with Gasteiger partial charge in [0.05, 0.1) is 24.8 Å². The molecule has 1 aromatic carbocycles. The minimum atomic E-state index is -0.509. The van der Waals surface area contributed by atoms with Gasteiger partial charge in [-0.2, -0.15) is 0 Å². The summed E-state index contributed by atoms with van der Waals surface area (Å²) in [5.74, 6) is 0.336. The van der Waals surface area contributed by atoms with Gasteiger partial charge < -0.3 is 20.9 Å². The summed E-state index contributed by atoms with van der Waals surface area (Å²) in [6.07, 6.45) is 4.81. The summed E-state index contributed by atoms with van der Waals surface area (Å²) in [6, 6.07) is 4.99. The highest BCUT2D eigenvalue weighted by Gasteiger charge is 2.33. The van der Waals surface area contributed by atoms with E-state index in [4.69, 9.17) is 10.5 Å². The molecule has 1 aliphatic rings. The van der Waals surface area contributed by atoms with Crippen molar-refractivity contribution < 1.29 is 14.6 Å². The fourth-order valence-electron chi connectivity index (χ4n) is 2.72. The summed E-state index contributed by atoms with van der Waals surface area (Å²) in [7, 11) is 1.55. The van der Waals surface area contributed by atoms with Crippen LogP contribution in [0.25, 0.3) is 0 Å². The molecule has 20 heavy (non-hydrogen) atoms. The fourth-order valence-corrected chi connectivity index (χ4v) is 2.72. The second-order valence-electron chi connectivity index (χ2n) is 5.41. The van der Waals surface area contributed by atoms with Gasteiger partial charge in [-0.25, -0.2) is 0 Å². The third-order valence-electron chi connectivity index (χ3n) is 4.00. The zero-order valence-electron chi connectivity index (χ0n) is 11.8. The van der Waals surface area contributed by atoms with Crippen molar-refractivity contribution in [1.82, 2.24) is 5.32 Å². The number of methoxy groups -OCH3 is 1. The average molecular weight is 278 g/mol. The molecule has 4 N–H and O–H groups in total. The zero-order chi connectivity index (χ0) is 14.6. The Kier molecular flexibility index (Phi) is 4.49. The first-order chi connectivity index (χ1) is 9.60. The van der Waals surface area contributed by atoms with Crippen LogP contribution in [0.4, 0.5) is 5.69 Å². The third kappa shape index (κ3) is 3.04. The Bertz CT molecular complexity index is 482. The van der Waals surface area contributed by atoms with Crippen molar-refractivity contribution in [3.63, 3.8) is 0 Å². The van der Waals surface area contributed by atoms with E-state index in [1.807, 2.05) is 0 Å². The minimum absolute atomic E-state index is 0.0391. The molecule has 2 rings (SSSR count). The average Bonchev–Trinajstić information content (AvgIpc) is 2.48. The number of carbonyl (C=O) groups is 1. The number of hydrogen-bond donors (Lipinski definition) is 3. The van der Waals surface area contributed by atoms with Gasteiger partial charge in [0, 0.05) is 5.69 Å². The van der Waals surface area contributed by atoms with Crippen LogP contribution in [0.15, 0.2) is 18.2 Å². The highest BCUT2D eigenvalue weighted by atomic mass is 16.5. The lowest BCUT2D eigenvalue weighted by molar-refractivity contribution is 0.0759. The summed E-state index contributed by atoms with van der Waals surface area (Å²) >= 11 is 0. The Morgan fingerprint density at radius 2 is 2.10 bits per heavy atom. The van der Waals surface area contributed by atoms with Crippen LogP contribution in [-0.4, -0.2) is 30.3 Å². The number of benzene rings is 1. The molecule has 110 valence electrons. The van der Waals surface area contributed by atoms with Gasteiger partial charge >= 0.3 is 0 Å². The normalized spacial score (nSPS) is 17.5. The Morgan fingerprint density at radius 3 is 2.70 bits per heavy atom. The van der Waals surface area contributed by atoms with Crippen LogP contribution < -0.4 is 15.8 Å². The number of aliphatic hydroxyl groups is 1. The van der Waals surface area contributed by atoms with Gasteiger partial charge in [-0.1, -0.05) is 19.3 Å².